The highest BCUT2D eigenvalue weighted by Gasteiger charge is 2.18. The summed E-state index contributed by atoms with van der Waals surface area (Å²) >= 11 is 3.46. The second-order valence-corrected chi connectivity index (χ2v) is 5.84. The van der Waals surface area contributed by atoms with E-state index in [0.717, 1.165) is 15.8 Å². The second kappa shape index (κ2) is 8.72. The van der Waals surface area contributed by atoms with Crippen LogP contribution in [0, 0.1) is 0 Å². The van der Waals surface area contributed by atoms with E-state index in [1.165, 1.54) is 0 Å². The van der Waals surface area contributed by atoms with Crippen molar-refractivity contribution in [2.75, 3.05) is 20.3 Å². The molecule has 1 aromatic rings. The van der Waals surface area contributed by atoms with Gasteiger partial charge in [0.1, 0.15) is 0 Å². The first kappa shape index (κ1) is 19.5. The van der Waals surface area contributed by atoms with Gasteiger partial charge in [-0.15, -0.1) is 0 Å². The van der Waals surface area contributed by atoms with Crippen molar-refractivity contribution in [3.05, 3.63) is 22.2 Å². The molecule has 4 nitrogen and oxygen atoms in total. The molecular formula is C14H22BrClNO3-. The number of halogens is 2. The van der Waals surface area contributed by atoms with Crippen LogP contribution < -0.4 is 27.2 Å². The molecule has 0 unspecified atom stereocenters. The zero-order valence-corrected chi connectivity index (χ0v) is 14.6. The van der Waals surface area contributed by atoms with Crippen LogP contribution in [0.1, 0.15) is 26.3 Å². The van der Waals surface area contributed by atoms with Crippen molar-refractivity contribution < 1.29 is 27.0 Å². The van der Waals surface area contributed by atoms with E-state index in [4.69, 9.17) is 9.47 Å². The molecule has 2 N–H and O–H groups in total. The lowest BCUT2D eigenvalue weighted by atomic mass is 10.1. The van der Waals surface area contributed by atoms with Crippen LogP contribution >= 0.6 is 15.9 Å². The quantitative estimate of drug-likeness (QED) is 0.696. The molecule has 0 saturated carbocycles. The molecule has 1 rings (SSSR count). The molecule has 0 aliphatic heterocycles. The van der Waals surface area contributed by atoms with Crippen LogP contribution in [-0.4, -0.2) is 31.0 Å². The summed E-state index contributed by atoms with van der Waals surface area (Å²) < 4.78 is 11.9. The van der Waals surface area contributed by atoms with Crippen molar-refractivity contribution in [1.82, 2.24) is 5.32 Å². The number of hydrogen-bond donors (Lipinski definition) is 2. The van der Waals surface area contributed by atoms with E-state index < -0.39 is 0 Å². The summed E-state index contributed by atoms with van der Waals surface area (Å²) in [6.07, 6.45) is 0. The fourth-order valence-electron chi connectivity index (χ4n) is 1.60. The third-order valence-electron chi connectivity index (χ3n) is 2.76. The maximum atomic E-state index is 9.27. The first-order valence-corrected chi connectivity index (χ1v) is 7.08. The highest BCUT2D eigenvalue weighted by atomic mass is 79.9. The van der Waals surface area contributed by atoms with Crippen molar-refractivity contribution in [2.45, 2.75) is 32.9 Å². The van der Waals surface area contributed by atoms with Crippen molar-refractivity contribution in [3.63, 3.8) is 0 Å². The first-order chi connectivity index (χ1) is 8.93. The van der Waals surface area contributed by atoms with Gasteiger partial charge in [-0.1, -0.05) is 15.9 Å². The van der Waals surface area contributed by atoms with Gasteiger partial charge in [0.25, 0.3) is 0 Å². The van der Waals surface area contributed by atoms with Gasteiger partial charge in [0.05, 0.1) is 20.3 Å². The molecule has 0 bridgehead atoms. The number of aliphatic hydroxyl groups is 1. The average molecular weight is 368 g/mol. The minimum Gasteiger partial charge on any atom is -1.00 e. The Morgan fingerprint density at radius 3 is 2.50 bits per heavy atom. The van der Waals surface area contributed by atoms with E-state index in [0.29, 0.717) is 18.9 Å². The van der Waals surface area contributed by atoms with Gasteiger partial charge in [0.15, 0.2) is 11.5 Å². The topological polar surface area (TPSA) is 50.7 Å². The largest absolute Gasteiger partial charge is 1.00 e. The number of hydrogen-bond acceptors (Lipinski definition) is 4. The molecule has 0 atom stereocenters. The molecule has 0 radical (unpaired) electrons. The van der Waals surface area contributed by atoms with Crippen LogP contribution in [0.2, 0.25) is 0 Å². The summed E-state index contributed by atoms with van der Waals surface area (Å²) in [4.78, 5) is 0. The van der Waals surface area contributed by atoms with Gasteiger partial charge >= 0.3 is 0 Å². The van der Waals surface area contributed by atoms with Crippen molar-refractivity contribution >= 4 is 15.9 Å². The Morgan fingerprint density at radius 1 is 1.35 bits per heavy atom. The Morgan fingerprint density at radius 2 is 2.00 bits per heavy atom. The van der Waals surface area contributed by atoms with Gasteiger partial charge in [-0.2, -0.15) is 0 Å². The summed E-state index contributed by atoms with van der Waals surface area (Å²) in [5.74, 6) is 1.45. The molecule has 20 heavy (non-hydrogen) atoms. The molecule has 6 heteroatoms. The normalized spacial score (nSPS) is 10.9. The summed E-state index contributed by atoms with van der Waals surface area (Å²) in [5.41, 5.74) is 0.661. The van der Waals surface area contributed by atoms with E-state index in [-0.39, 0.29) is 24.6 Å². The lowest BCUT2D eigenvalue weighted by Crippen LogP contribution is -3.00. The van der Waals surface area contributed by atoms with Crippen molar-refractivity contribution in [1.29, 1.82) is 0 Å². The van der Waals surface area contributed by atoms with E-state index in [1.807, 2.05) is 32.9 Å². The predicted octanol–water partition coefficient (Wildman–Crippen LogP) is -0.279. The summed E-state index contributed by atoms with van der Waals surface area (Å²) in [6.45, 7) is 7.08. The van der Waals surface area contributed by atoms with E-state index >= 15 is 0 Å². The standard InChI is InChI=1S/C14H22BrNO3.ClH/c1-5-19-13-10(8-16-14(2,3)9-17)6-11(15)7-12(13)18-4;/h6-7,16-17H,5,8-9H2,1-4H3;1H/p-1. The number of aliphatic hydroxyl groups excluding tert-OH is 1. The molecule has 0 fully saturated rings. The third-order valence-corrected chi connectivity index (χ3v) is 3.22. The third kappa shape index (κ3) is 5.48. The van der Waals surface area contributed by atoms with Crippen molar-refractivity contribution in [2.24, 2.45) is 0 Å². The average Bonchev–Trinajstić information content (AvgIpc) is 2.38. The molecule has 116 valence electrons. The van der Waals surface area contributed by atoms with Crippen LogP contribution in [0.3, 0.4) is 0 Å². The molecule has 0 spiro atoms. The smallest absolute Gasteiger partial charge is 0.165 e. The molecule has 1 aromatic carbocycles. The Bertz CT molecular complexity index is 427. The van der Waals surface area contributed by atoms with Crippen LogP contribution in [0.15, 0.2) is 16.6 Å². The SMILES string of the molecule is CCOc1c(CNC(C)(C)CO)cc(Br)cc1OC.[Cl-]. The molecule has 0 saturated heterocycles. The predicted molar refractivity (Wildman–Crippen MR) is 79.9 cm³/mol. The molecule has 0 amide bonds. The fourth-order valence-corrected chi connectivity index (χ4v) is 2.09. The lowest BCUT2D eigenvalue weighted by molar-refractivity contribution is -0.00000564. The maximum Gasteiger partial charge on any atom is 0.165 e. The van der Waals surface area contributed by atoms with E-state index in [2.05, 4.69) is 21.2 Å². The van der Waals surface area contributed by atoms with Crippen LogP contribution in [0.5, 0.6) is 11.5 Å². The Balaban J connectivity index is 0.00000361. The van der Waals surface area contributed by atoms with Gasteiger partial charge in [0, 0.05) is 22.1 Å². The van der Waals surface area contributed by atoms with Crippen LogP contribution in [0.25, 0.3) is 0 Å². The maximum absolute atomic E-state index is 9.27. The monoisotopic (exact) mass is 366 g/mol. The van der Waals surface area contributed by atoms with E-state index in [9.17, 15) is 5.11 Å². The Kier molecular flexibility index (Phi) is 8.51. The van der Waals surface area contributed by atoms with Gasteiger partial charge < -0.3 is 32.3 Å². The number of rotatable bonds is 7. The number of nitrogens with one attached hydrogen (secondary N) is 1. The Hall–Kier alpha value is -0.490. The molecule has 0 aliphatic rings. The summed E-state index contributed by atoms with van der Waals surface area (Å²) in [7, 11) is 1.62. The van der Waals surface area contributed by atoms with Gasteiger partial charge in [-0.25, -0.2) is 0 Å². The zero-order chi connectivity index (χ0) is 14.5. The molecule has 0 aliphatic carbocycles. The van der Waals surface area contributed by atoms with Crippen LogP contribution in [-0.2, 0) is 6.54 Å². The van der Waals surface area contributed by atoms with Gasteiger partial charge in [-0.05, 0) is 32.9 Å². The van der Waals surface area contributed by atoms with Gasteiger partial charge in [-0.3, -0.25) is 0 Å². The Labute approximate surface area is 135 Å². The highest BCUT2D eigenvalue weighted by Crippen LogP contribution is 2.35. The fraction of sp³-hybridized carbons (Fsp3) is 0.571. The molecular weight excluding hydrogens is 346 g/mol. The molecule has 0 heterocycles. The van der Waals surface area contributed by atoms with Gasteiger partial charge in [0.2, 0.25) is 0 Å². The number of methoxy groups -OCH3 is 1. The summed E-state index contributed by atoms with van der Waals surface area (Å²) in [5, 5.41) is 12.6. The first-order valence-electron chi connectivity index (χ1n) is 6.28. The van der Waals surface area contributed by atoms with Crippen LogP contribution in [0.4, 0.5) is 0 Å². The molecule has 0 aromatic heterocycles. The number of ether oxygens (including phenoxy) is 2. The number of benzene rings is 1. The minimum atomic E-state index is -0.334. The highest BCUT2D eigenvalue weighted by molar-refractivity contribution is 9.10. The van der Waals surface area contributed by atoms with E-state index in [1.54, 1.807) is 7.11 Å². The zero-order valence-electron chi connectivity index (χ0n) is 12.3. The second-order valence-electron chi connectivity index (χ2n) is 4.92. The lowest BCUT2D eigenvalue weighted by Gasteiger charge is -2.24. The summed E-state index contributed by atoms with van der Waals surface area (Å²) in [6, 6.07) is 3.87. The minimum absolute atomic E-state index is 0. The van der Waals surface area contributed by atoms with Crippen molar-refractivity contribution in [3.8, 4) is 11.5 Å².